The summed E-state index contributed by atoms with van der Waals surface area (Å²) in [7, 11) is 0. The van der Waals surface area contributed by atoms with Crippen molar-refractivity contribution in [3.05, 3.63) is 24.3 Å². The Morgan fingerprint density at radius 2 is 1.09 bits per heavy atom. The van der Waals surface area contributed by atoms with Crippen LogP contribution in [0.1, 0.15) is 200 Å². The zero-order valence-electron chi connectivity index (χ0n) is 34.7. The monoisotopic (exact) mass is 768 g/mol. The molecule has 0 saturated carbocycles. The van der Waals surface area contributed by atoms with Crippen molar-refractivity contribution in [2.75, 3.05) is 13.2 Å². The number of carbonyl (C=O) groups is 1. The van der Waals surface area contributed by atoms with Crippen LogP contribution in [0.25, 0.3) is 0 Å². The van der Waals surface area contributed by atoms with E-state index in [1.54, 1.807) is 6.08 Å². The van der Waals surface area contributed by atoms with Gasteiger partial charge in [-0.05, 0) is 25.7 Å². The molecule has 9 heteroatoms. The second-order valence-electron chi connectivity index (χ2n) is 15.9. The molecule has 0 aromatic heterocycles. The van der Waals surface area contributed by atoms with E-state index in [-0.39, 0.29) is 12.5 Å². The van der Waals surface area contributed by atoms with Crippen LogP contribution in [-0.4, -0.2) is 87.5 Å². The Morgan fingerprint density at radius 3 is 1.57 bits per heavy atom. The second-order valence-corrected chi connectivity index (χ2v) is 15.9. The van der Waals surface area contributed by atoms with Gasteiger partial charge in [0.15, 0.2) is 6.29 Å². The Morgan fingerprint density at radius 1 is 0.630 bits per heavy atom. The third kappa shape index (κ3) is 26.5. The molecule has 1 amide bonds. The highest BCUT2D eigenvalue weighted by Crippen LogP contribution is 2.22. The minimum absolute atomic E-state index is 0.188. The van der Waals surface area contributed by atoms with Crippen molar-refractivity contribution >= 4 is 5.91 Å². The van der Waals surface area contributed by atoms with E-state index in [2.05, 4.69) is 31.3 Å². The number of nitrogens with one attached hydrogen (secondary N) is 1. The van der Waals surface area contributed by atoms with E-state index < -0.39 is 49.5 Å². The van der Waals surface area contributed by atoms with Gasteiger partial charge in [0.25, 0.3) is 0 Å². The maximum atomic E-state index is 12.9. The summed E-state index contributed by atoms with van der Waals surface area (Å²) in [6.07, 6.45) is 35.1. The first-order chi connectivity index (χ1) is 26.3. The van der Waals surface area contributed by atoms with Gasteiger partial charge in [0.1, 0.15) is 24.4 Å². The Bertz CT molecular complexity index is 899. The van der Waals surface area contributed by atoms with Crippen molar-refractivity contribution in [3.63, 3.8) is 0 Å². The summed E-state index contributed by atoms with van der Waals surface area (Å²) in [6.45, 7) is 3.74. The van der Waals surface area contributed by atoms with Crippen molar-refractivity contribution in [3.8, 4) is 0 Å². The summed E-state index contributed by atoms with van der Waals surface area (Å²) in [5.74, 6) is -0.188. The quantitative estimate of drug-likeness (QED) is 0.0271. The topological polar surface area (TPSA) is 149 Å². The zero-order chi connectivity index (χ0) is 39.5. The number of aliphatic hydroxyl groups is 5. The number of carbonyl (C=O) groups excluding carboxylic acids is 1. The maximum absolute atomic E-state index is 12.9. The van der Waals surface area contributed by atoms with Crippen molar-refractivity contribution in [1.82, 2.24) is 5.32 Å². The molecule has 1 fully saturated rings. The summed E-state index contributed by atoms with van der Waals surface area (Å²) in [6, 6.07) is -0.821. The zero-order valence-corrected chi connectivity index (χ0v) is 34.7. The van der Waals surface area contributed by atoms with Gasteiger partial charge in [-0.2, -0.15) is 0 Å². The maximum Gasteiger partial charge on any atom is 0.220 e. The molecule has 0 aromatic rings. The summed E-state index contributed by atoms with van der Waals surface area (Å²) in [5.41, 5.74) is 0. The predicted octanol–water partition coefficient (Wildman–Crippen LogP) is 9.11. The van der Waals surface area contributed by atoms with Crippen molar-refractivity contribution < 1.29 is 39.8 Å². The number of hydrogen-bond donors (Lipinski definition) is 6. The third-order valence-electron chi connectivity index (χ3n) is 10.8. The van der Waals surface area contributed by atoms with E-state index in [1.807, 2.05) is 6.08 Å². The molecule has 0 spiro atoms. The first kappa shape index (κ1) is 50.7. The summed E-state index contributed by atoms with van der Waals surface area (Å²) < 4.78 is 11.2. The van der Waals surface area contributed by atoms with Crippen LogP contribution in [0.2, 0.25) is 0 Å². The third-order valence-corrected chi connectivity index (χ3v) is 10.8. The highest BCUT2D eigenvalue weighted by Gasteiger charge is 2.44. The minimum atomic E-state index is -1.57. The molecule has 0 aromatic carbocycles. The van der Waals surface area contributed by atoms with Gasteiger partial charge < -0.3 is 40.3 Å². The standard InChI is InChI=1S/C45H85NO8/c1-3-5-7-9-11-13-15-17-18-19-20-21-23-25-27-29-31-33-35-41(49)46-38(37-53-45-44(52)43(51)42(50)40(36-47)54-45)39(48)34-32-30-28-26-24-22-16-14-12-10-8-6-4-2/h26,28,32,34,38-40,42-45,47-48,50-52H,3-25,27,29-31,33,35-37H2,1-2H3,(H,46,49). The molecule has 54 heavy (non-hydrogen) atoms. The van der Waals surface area contributed by atoms with Gasteiger partial charge in [0.2, 0.25) is 5.91 Å². The van der Waals surface area contributed by atoms with Gasteiger partial charge in [0.05, 0.1) is 25.4 Å². The minimum Gasteiger partial charge on any atom is -0.394 e. The lowest BCUT2D eigenvalue weighted by Gasteiger charge is -2.40. The lowest BCUT2D eigenvalue weighted by Crippen LogP contribution is -2.60. The fraction of sp³-hybridized carbons (Fsp3) is 0.889. The molecule has 7 unspecified atom stereocenters. The predicted molar refractivity (Wildman–Crippen MR) is 221 cm³/mol. The van der Waals surface area contributed by atoms with Crippen LogP contribution < -0.4 is 5.32 Å². The lowest BCUT2D eigenvalue weighted by atomic mass is 9.99. The molecule has 1 saturated heterocycles. The summed E-state index contributed by atoms with van der Waals surface area (Å²) in [4.78, 5) is 12.9. The number of amides is 1. The molecule has 0 bridgehead atoms. The number of aliphatic hydroxyl groups excluding tert-OH is 5. The molecule has 1 rings (SSSR count). The number of rotatable bonds is 37. The van der Waals surface area contributed by atoms with Crippen LogP contribution in [0.4, 0.5) is 0 Å². The molecular formula is C45H85NO8. The van der Waals surface area contributed by atoms with Gasteiger partial charge in [-0.25, -0.2) is 0 Å². The highest BCUT2D eigenvalue weighted by atomic mass is 16.7. The fourth-order valence-electron chi connectivity index (χ4n) is 7.14. The Balaban J connectivity index is 2.36. The number of hydrogen-bond acceptors (Lipinski definition) is 8. The average Bonchev–Trinajstić information content (AvgIpc) is 3.17. The fourth-order valence-corrected chi connectivity index (χ4v) is 7.14. The van der Waals surface area contributed by atoms with E-state index in [0.29, 0.717) is 12.8 Å². The largest absolute Gasteiger partial charge is 0.394 e. The second kappa shape index (κ2) is 36.0. The van der Waals surface area contributed by atoms with Crippen LogP contribution in [0.15, 0.2) is 24.3 Å². The van der Waals surface area contributed by atoms with Gasteiger partial charge in [-0.1, -0.05) is 192 Å². The molecule has 9 nitrogen and oxygen atoms in total. The van der Waals surface area contributed by atoms with Crippen LogP contribution in [0.5, 0.6) is 0 Å². The van der Waals surface area contributed by atoms with Gasteiger partial charge >= 0.3 is 0 Å². The van der Waals surface area contributed by atoms with Crippen molar-refractivity contribution in [1.29, 1.82) is 0 Å². The molecule has 1 heterocycles. The summed E-state index contributed by atoms with van der Waals surface area (Å²) >= 11 is 0. The van der Waals surface area contributed by atoms with E-state index in [1.165, 1.54) is 148 Å². The number of allylic oxidation sites excluding steroid dienone is 3. The highest BCUT2D eigenvalue weighted by molar-refractivity contribution is 5.76. The van der Waals surface area contributed by atoms with E-state index in [0.717, 1.165) is 25.7 Å². The first-order valence-electron chi connectivity index (χ1n) is 22.6. The number of unbranched alkanes of at least 4 members (excludes halogenated alkanes) is 25. The van der Waals surface area contributed by atoms with Crippen LogP contribution >= 0.6 is 0 Å². The van der Waals surface area contributed by atoms with Crippen molar-refractivity contribution in [2.24, 2.45) is 0 Å². The lowest BCUT2D eigenvalue weighted by molar-refractivity contribution is -0.302. The van der Waals surface area contributed by atoms with Crippen LogP contribution in [0.3, 0.4) is 0 Å². The van der Waals surface area contributed by atoms with Crippen LogP contribution in [-0.2, 0) is 14.3 Å². The van der Waals surface area contributed by atoms with Gasteiger partial charge in [0, 0.05) is 6.42 Å². The Kier molecular flexibility index (Phi) is 33.8. The van der Waals surface area contributed by atoms with Crippen molar-refractivity contribution in [2.45, 2.75) is 243 Å². The first-order valence-corrected chi connectivity index (χ1v) is 22.6. The molecule has 7 atom stereocenters. The van der Waals surface area contributed by atoms with E-state index in [9.17, 15) is 30.3 Å². The molecule has 1 aliphatic heterocycles. The van der Waals surface area contributed by atoms with Crippen LogP contribution in [0, 0.1) is 0 Å². The average molecular weight is 768 g/mol. The van der Waals surface area contributed by atoms with E-state index >= 15 is 0 Å². The molecular weight excluding hydrogens is 682 g/mol. The SMILES string of the molecule is CCCCCCCCCCC=CCC=CC(O)C(COC1OC(CO)C(O)C(O)C1O)NC(=O)CCCCCCCCCCCCCCCCCCCC. The summed E-state index contributed by atoms with van der Waals surface area (Å²) in [5, 5.41) is 54.1. The molecule has 318 valence electrons. The Hall–Kier alpha value is -1.33. The van der Waals surface area contributed by atoms with E-state index in [4.69, 9.17) is 9.47 Å². The molecule has 0 radical (unpaired) electrons. The smallest absolute Gasteiger partial charge is 0.220 e. The normalized spacial score (nSPS) is 21.6. The molecule has 6 N–H and O–H groups in total. The van der Waals surface area contributed by atoms with Gasteiger partial charge in [-0.15, -0.1) is 0 Å². The number of ether oxygens (including phenoxy) is 2. The van der Waals surface area contributed by atoms with Gasteiger partial charge in [-0.3, -0.25) is 4.79 Å². The molecule has 1 aliphatic rings. The Labute approximate surface area is 330 Å². The molecule has 0 aliphatic carbocycles.